The Morgan fingerprint density at radius 3 is 2.22 bits per heavy atom. The lowest BCUT2D eigenvalue weighted by atomic mass is 10.1. The molecule has 2 nitrogen and oxygen atoms in total. The van der Waals surface area contributed by atoms with Crippen LogP contribution in [0, 0.1) is 0 Å². The van der Waals surface area contributed by atoms with Gasteiger partial charge in [-0.25, -0.2) is 0 Å². The Hall–Kier alpha value is -1.83. The monoisotopic (exact) mass is 367 g/mol. The molecule has 148 valence electrons. The maximum absolute atomic E-state index is 12.3. The molecule has 2 rings (SSSR count). The molecule has 0 radical (unpaired) electrons. The van der Waals surface area contributed by atoms with Crippen molar-refractivity contribution in [2.24, 2.45) is 7.05 Å². The van der Waals surface area contributed by atoms with E-state index in [4.69, 9.17) is 0 Å². The molecule has 0 saturated heterocycles. The van der Waals surface area contributed by atoms with E-state index in [2.05, 4.69) is 30.7 Å². The molecule has 1 heterocycles. The Kier molecular flexibility index (Phi) is 9.97. The first-order valence-corrected chi connectivity index (χ1v) is 11.0. The Balaban J connectivity index is 1.61. The Bertz CT molecular complexity index is 756. The molecule has 2 aromatic rings. The fourth-order valence-electron chi connectivity index (χ4n) is 3.72. The predicted molar refractivity (Wildman–Crippen MR) is 118 cm³/mol. The van der Waals surface area contributed by atoms with Gasteiger partial charge in [0.15, 0.2) is 5.43 Å². The van der Waals surface area contributed by atoms with Crippen molar-refractivity contribution in [3.8, 4) is 0 Å². The van der Waals surface area contributed by atoms with Gasteiger partial charge in [-0.05, 0) is 50.7 Å². The zero-order chi connectivity index (χ0) is 19.3. The van der Waals surface area contributed by atoms with Crippen molar-refractivity contribution < 1.29 is 0 Å². The van der Waals surface area contributed by atoms with E-state index in [1.807, 2.05) is 30.3 Å². The SMILES string of the molecule is CCCCCCCCC=CCCCCCc1cc(=O)c2ccccc2n1C. The Labute approximate surface area is 165 Å². The molecule has 0 amide bonds. The molecule has 0 N–H and O–H groups in total. The topological polar surface area (TPSA) is 22.0 Å². The summed E-state index contributed by atoms with van der Waals surface area (Å²) < 4.78 is 2.18. The van der Waals surface area contributed by atoms with E-state index in [0.717, 1.165) is 29.4 Å². The number of unbranched alkanes of at least 4 members (excludes halogenated alkanes) is 9. The van der Waals surface area contributed by atoms with Crippen LogP contribution < -0.4 is 5.43 Å². The van der Waals surface area contributed by atoms with Crippen molar-refractivity contribution in [2.45, 2.75) is 84.0 Å². The summed E-state index contributed by atoms with van der Waals surface area (Å²) >= 11 is 0. The van der Waals surface area contributed by atoms with Crippen molar-refractivity contribution in [2.75, 3.05) is 0 Å². The number of nitrogens with zero attached hydrogens (tertiary/aromatic N) is 1. The van der Waals surface area contributed by atoms with E-state index in [1.165, 1.54) is 64.2 Å². The summed E-state index contributed by atoms with van der Waals surface area (Å²) in [4.78, 5) is 12.3. The van der Waals surface area contributed by atoms with Crippen LogP contribution in [0.15, 0.2) is 47.3 Å². The zero-order valence-electron chi connectivity index (χ0n) is 17.4. The molecular weight excluding hydrogens is 330 g/mol. The van der Waals surface area contributed by atoms with Crippen LogP contribution in [0.1, 0.15) is 83.2 Å². The van der Waals surface area contributed by atoms with Gasteiger partial charge in [-0.15, -0.1) is 0 Å². The standard InChI is InChI=1S/C25H37NO/c1-3-4-5-6-7-8-9-10-11-12-13-14-15-18-22-21-25(27)23-19-16-17-20-24(23)26(22)2/h10-11,16-17,19-21H,3-9,12-15,18H2,1-2H3. The molecule has 0 aliphatic heterocycles. The number of benzene rings is 1. The lowest BCUT2D eigenvalue weighted by molar-refractivity contribution is 0.610. The summed E-state index contributed by atoms with van der Waals surface area (Å²) in [6.07, 6.45) is 20.0. The molecule has 0 atom stereocenters. The first-order chi connectivity index (χ1) is 13.2. The first-order valence-electron chi connectivity index (χ1n) is 11.0. The van der Waals surface area contributed by atoms with Crippen LogP contribution in [0.25, 0.3) is 10.9 Å². The number of aromatic nitrogens is 1. The number of para-hydroxylation sites is 1. The second-order valence-electron chi connectivity index (χ2n) is 7.70. The maximum atomic E-state index is 12.3. The fourth-order valence-corrected chi connectivity index (χ4v) is 3.72. The number of hydrogen-bond acceptors (Lipinski definition) is 1. The highest BCUT2D eigenvalue weighted by molar-refractivity contribution is 5.79. The highest BCUT2D eigenvalue weighted by atomic mass is 16.1. The van der Waals surface area contributed by atoms with Gasteiger partial charge in [-0.3, -0.25) is 4.79 Å². The number of fused-ring (bicyclic) bond motifs is 1. The van der Waals surface area contributed by atoms with E-state index in [9.17, 15) is 4.79 Å². The number of pyridine rings is 1. The summed E-state index contributed by atoms with van der Waals surface area (Å²) in [5.41, 5.74) is 2.34. The molecule has 2 heteroatoms. The largest absolute Gasteiger partial charge is 0.347 e. The quantitative estimate of drug-likeness (QED) is 0.277. The van der Waals surface area contributed by atoms with Gasteiger partial charge in [0.1, 0.15) is 0 Å². The second-order valence-corrected chi connectivity index (χ2v) is 7.70. The van der Waals surface area contributed by atoms with Crippen molar-refractivity contribution in [3.05, 3.63) is 58.4 Å². The molecule has 0 saturated carbocycles. The number of hydrogen-bond donors (Lipinski definition) is 0. The van der Waals surface area contributed by atoms with Gasteiger partial charge in [0.25, 0.3) is 0 Å². The normalized spacial score (nSPS) is 11.6. The molecule has 0 aliphatic carbocycles. The molecular formula is C25H37NO. The molecule has 0 spiro atoms. The lowest BCUT2D eigenvalue weighted by Crippen LogP contribution is -2.11. The first kappa shape index (κ1) is 21.5. The summed E-state index contributed by atoms with van der Waals surface area (Å²) in [7, 11) is 2.07. The minimum Gasteiger partial charge on any atom is -0.347 e. The van der Waals surface area contributed by atoms with Gasteiger partial charge in [0.05, 0.1) is 5.52 Å². The zero-order valence-corrected chi connectivity index (χ0v) is 17.4. The van der Waals surface area contributed by atoms with Crippen molar-refractivity contribution >= 4 is 10.9 Å². The number of rotatable bonds is 13. The average Bonchev–Trinajstić information content (AvgIpc) is 2.69. The van der Waals surface area contributed by atoms with Crippen molar-refractivity contribution in [3.63, 3.8) is 0 Å². The van der Waals surface area contributed by atoms with Gasteiger partial charge in [-0.2, -0.15) is 0 Å². The van der Waals surface area contributed by atoms with Crippen LogP contribution in [-0.4, -0.2) is 4.57 Å². The molecule has 0 bridgehead atoms. The average molecular weight is 368 g/mol. The van der Waals surface area contributed by atoms with E-state index in [-0.39, 0.29) is 5.43 Å². The summed E-state index contributed by atoms with van der Waals surface area (Å²) in [6, 6.07) is 9.71. The van der Waals surface area contributed by atoms with Gasteiger partial charge in [0, 0.05) is 24.2 Å². The molecule has 0 aliphatic rings. The fraction of sp³-hybridized carbons (Fsp3) is 0.560. The molecule has 27 heavy (non-hydrogen) atoms. The van der Waals surface area contributed by atoms with Crippen LogP contribution in [0.3, 0.4) is 0 Å². The number of aryl methyl sites for hydroxylation is 2. The van der Waals surface area contributed by atoms with Gasteiger partial charge < -0.3 is 4.57 Å². The Morgan fingerprint density at radius 2 is 1.48 bits per heavy atom. The second kappa shape index (κ2) is 12.5. The van der Waals surface area contributed by atoms with E-state index in [1.54, 1.807) is 0 Å². The number of allylic oxidation sites excluding steroid dienone is 2. The van der Waals surface area contributed by atoms with Crippen LogP contribution in [0.2, 0.25) is 0 Å². The minimum absolute atomic E-state index is 0.149. The van der Waals surface area contributed by atoms with Crippen molar-refractivity contribution in [1.82, 2.24) is 4.57 Å². The van der Waals surface area contributed by atoms with Crippen LogP contribution >= 0.6 is 0 Å². The van der Waals surface area contributed by atoms with Gasteiger partial charge >= 0.3 is 0 Å². The highest BCUT2D eigenvalue weighted by Gasteiger charge is 2.05. The summed E-state index contributed by atoms with van der Waals surface area (Å²) in [6.45, 7) is 2.27. The lowest BCUT2D eigenvalue weighted by Gasteiger charge is -2.12. The molecule has 1 aromatic carbocycles. The third kappa shape index (κ3) is 7.36. The van der Waals surface area contributed by atoms with Gasteiger partial charge in [0.2, 0.25) is 0 Å². The minimum atomic E-state index is 0.149. The molecule has 0 fully saturated rings. The van der Waals surface area contributed by atoms with Gasteiger partial charge in [-0.1, -0.05) is 69.7 Å². The van der Waals surface area contributed by atoms with Crippen molar-refractivity contribution in [1.29, 1.82) is 0 Å². The third-order valence-corrected chi connectivity index (χ3v) is 5.45. The molecule has 1 aromatic heterocycles. The van der Waals surface area contributed by atoms with E-state index < -0.39 is 0 Å². The van der Waals surface area contributed by atoms with Crippen LogP contribution in [-0.2, 0) is 13.5 Å². The summed E-state index contributed by atoms with van der Waals surface area (Å²) in [5.74, 6) is 0. The summed E-state index contributed by atoms with van der Waals surface area (Å²) in [5, 5.41) is 0.819. The van der Waals surface area contributed by atoms with Crippen LogP contribution in [0.5, 0.6) is 0 Å². The van der Waals surface area contributed by atoms with E-state index >= 15 is 0 Å². The third-order valence-electron chi connectivity index (χ3n) is 5.45. The maximum Gasteiger partial charge on any atom is 0.189 e. The van der Waals surface area contributed by atoms with E-state index in [0.29, 0.717) is 0 Å². The highest BCUT2D eigenvalue weighted by Crippen LogP contribution is 2.14. The molecule has 0 unspecified atom stereocenters. The predicted octanol–water partition coefficient (Wildman–Crippen LogP) is 6.95. The smallest absolute Gasteiger partial charge is 0.189 e. The van der Waals surface area contributed by atoms with Crippen LogP contribution in [0.4, 0.5) is 0 Å². The Morgan fingerprint density at radius 1 is 0.852 bits per heavy atom.